The van der Waals surface area contributed by atoms with Crippen LogP contribution in [0.5, 0.6) is 0 Å². The maximum Gasteiger partial charge on any atom is 0.252 e. The van der Waals surface area contributed by atoms with E-state index in [2.05, 4.69) is 26.6 Å². The molecule has 2 N–H and O–H groups in total. The zero-order valence-electron chi connectivity index (χ0n) is 9.00. The molecule has 4 heteroatoms. The second-order valence-electron chi connectivity index (χ2n) is 3.98. The van der Waals surface area contributed by atoms with Gasteiger partial charge >= 0.3 is 0 Å². The predicted octanol–water partition coefficient (Wildman–Crippen LogP) is 1.93. The molecule has 1 unspecified atom stereocenters. The first-order valence-electron chi connectivity index (χ1n) is 5.53. The highest BCUT2D eigenvalue weighted by Crippen LogP contribution is 2.15. The number of halogens is 1. The zero-order valence-corrected chi connectivity index (χ0v) is 10.6. The van der Waals surface area contributed by atoms with E-state index in [9.17, 15) is 4.79 Å². The van der Waals surface area contributed by atoms with Gasteiger partial charge in [-0.2, -0.15) is 0 Å². The highest BCUT2D eigenvalue weighted by Gasteiger charge is 2.15. The fraction of sp³-hybridized carbons (Fsp3) is 0.417. The van der Waals surface area contributed by atoms with E-state index in [0.717, 1.165) is 17.4 Å². The molecule has 0 saturated carbocycles. The molecule has 1 aromatic rings. The Kier molecular flexibility index (Phi) is 3.96. The van der Waals surface area contributed by atoms with Crippen molar-refractivity contribution in [3.05, 3.63) is 34.3 Å². The van der Waals surface area contributed by atoms with E-state index in [1.807, 2.05) is 24.3 Å². The van der Waals surface area contributed by atoms with Crippen LogP contribution in [0.15, 0.2) is 28.7 Å². The molecule has 2 rings (SSSR count). The van der Waals surface area contributed by atoms with Gasteiger partial charge in [-0.25, -0.2) is 0 Å². The third-order valence-corrected chi connectivity index (χ3v) is 3.48. The Morgan fingerprint density at radius 1 is 1.50 bits per heavy atom. The molecule has 0 bridgehead atoms. The first-order valence-corrected chi connectivity index (χ1v) is 6.33. The van der Waals surface area contributed by atoms with Crippen LogP contribution in [-0.4, -0.2) is 25.0 Å². The second kappa shape index (κ2) is 5.46. The Morgan fingerprint density at radius 2 is 2.31 bits per heavy atom. The highest BCUT2D eigenvalue weighted by molar-refractivity contribution is 9.10. The first kappa shape index (κ1) is 11.6. The van der Waals surface area contributed by atoms with Gasteiger partial charge in [-0.1, -0.05) is 12.1 Å². The molecule has 1 fully saturated rings. The third kappa shape index (κ3) is 2.83. The lowest BCUT2D eigenvalue weighted by molar-refractivity contribution is 0.0949. The summed E-state index contributed by atoms with van der Waals surface area (Å²) in [5.74, 6) is -0.0128. The van der Waals surface area contributed by atoms with Crippen LogP contribution >= 0.6 is 15.9 Å². The van der Waals surface area contributed by atoms with E-state index < -0.39 is 0 Å². The van der Waals surface area contributed by atoms with E-state index >= 15 is 0 Å². The Labute approximate surface area is 104 Å². The number of rotatable bonds is 3. The van der Waals surface area contributed by atoms with Crippen LogP contribution in [0.25, 0.3) is 0 Å². The number of hydrogen-bond donors (Lipinski definition) is 2. The van der Waals surface area contributed by atoms with Gasteiger partial charge in [0.2, 0.25) is 0 Å². The van der Waals surface area contributed by atoms with Crippen molar-refractivity contribution in [2.45, 2.75) is 18.9 Å². The normalized spacial score (nSPS) is 19.7. The molecule has 1 aliphatic rings. The molecule has 0 aliphatic carbocycles. The Bertz CT molecular complexity index is 375. The van der Waals surface area contributed by atoms with Gasteiger partial charge in [-0.3, -0.25) is 4.79 Å². The topological polar surface area (TPSA) is 41.1 Å². The van der Waals surface area contributed by atoms with Crippen molar-refractivity contribution in [1.82, 2.24) is 10.6 Å². The van der Waals surface area contributed by atoms with Gasteiger partial charge in [0.15, 0.2) is 0 Å². The molecule has 86 valence electrons. The third-order valence-electron chi connectivity index (χ3n) is 2.79. The highest BCUT2D eigenvalue weighted by atomic mass is 79.9. The van der Waals surface area contributed by atoms with Crippen molar-refractivity contribution in [2.24, 2.45) is 0 Å². The largest absolute Gasteiger partial charge is 0.350 e. The van der Waals surface area contributed by atoms with E-state index in [-0.39, 0.29) is 5.91 Å². The SMILES string of the molecule is O=C(NCC1CCCN1)c1ccccc1Br. The van der Waals surface area contributed by atoms with Crippen LogP contribution in [0.4, 0.5) is 0 Å². The molecule has 1 aromatic carbocycles. The molecule has 1 atom stereocenters. The minimum atomic E-state index is -0.0128. The predicted molar refractivity (Wildman–Crippen MR) is 67.5 cm³/mol. The van der Waals surface area contributed by atoms with Gasteiger partial charge in [0.1, 0.15) is 0 Å². The van der Waals surface area contributed by atoms with Crippen molar-refractivity contribution >= 4 is 21.8 Å². The minimum Gasteiger partial charge on any atom is -0.350 e. The fourth-order valence-corrected chi connectivity index (χ4v) is 2.35. The van der Waals surface area contributed by atoms with Gasteiger partial charge in [0.25, 0.3) is 5.91 Å². The summed E-state index contributed by atoms with van der Waals surface area (Å²) in [5.41, 5.74) is 0.695. The summed E-state index contributed by atoms with van der Waals surface area (Å²) in [7, 11) is 0. The molecule has 0 aromatic heterocycles. The van der Waals surface area contributed by atoms with Gasteiger partial charge < -0.3 is 10.6 Å². The molecule has 16 heavy (non-hydrogen) atoms. The summed E-state index contributed by atoms with van der Waals surface area (Å²) in [6.45, 7) is 1.77. The van der Waals surface area contributed by atoms with Crippen LogP contribution in [0.1, 0.15) is 23.2 Å². The maximum absolute atomic E-state index is 11.9. The van der Waals surface area contributed by atoms with Crippen LogP contribution in [0, 0.1) is 0 Å². The van der Waals surface area contributed by atoms with E-state index in [4.69, 9.17) is 0 Å². The maximum atomic E-state index is 11.9. The van der Waals surface area contributed by atoms with Gasteiger partial charge in [-0.15, -0.1) is 0 Å². The zero-order chi connectivity index (χ0) is 11.4. The summed E-state index contributed by atoms with van der Waals surface area (Å²) >= 11 is 3.37. The van der Waals surface area contributed by atoms with E-state index in [1.165, 1.54) is 6.42 Å². The van der Waals surface area contributed by atoms with Crippen molar-refractivity contribution in [3.8, 4) is 0 Å². The molecular weight excluding hydrogens is 268 g/mol. The standard InChI is InChI=1S/C12H15BrN2O/c13-11-6-2-1-5-10(11)12(16)15-8-9-4-3-7-14-9/h1-2,5-6,9,14H,3-4,7-8H2,(H,15,16). The van der Waals surface area contributed by atoms with Crippen molar-refractivity contribution in [3.63, 3.8) is 0 Å². The summed E-state index contributed by atoms with van der Waals surface area (Å²) < 4.78 is 0.840. The smallest absolute Gasteiger partial charge is 0.252 e. The molecule has 1 heterocycles. The van der Waals surface area contributed by atoms with Crippen LogP contribution in [0.2, 0.25) is 0 Å². The van der Waals surface area contributed by atoms with Gasteiger partial charge in [0.05, 0.1) is 5.56 Å². The average molecular weight is 283 g/mol. The number of nitrogens with one attached hydrogen (secondary N) is 2. The molecule has 0 radical (unpaired) electrons. The summed E-state index contributed by atoms with van der Waals surface area (Å²) in [4.78, 5) is 11.9. The Morgan fingerprint density at radius 3 is 3.00 bits per heavy atom. The summed E-state index contributed by atoms with van der Waals surface area (Å²) in [5, 5.41) is 6.30. The lowest BCUT2D eigenvalue weighted by Gasteiger charge is -2.12. The second-order valence-corrected chi connectivity index (χ2v) is 4.84. The number of carbonyl (C=O) groups excluding carboxylic acids is 1. The molecular formula is C12H15BrN2O. The molecule has 3 nitrogen and oxygen atoms in total. The lowest BCUT2D eigenvalue weighted by Crippen LogP contribution is -2.37. The van der Waals surface area contributed by atoms with Crippen LogP contribution in [0.3, 0.4) is 0 Å². The van der Waals surface area contributed by atoms with Crippen molar-refractivity contribution in [1.29, 1.82) is 0 Å². The first-order chi connectivity index (χ1) is 7.77. The number of benzene rings is 1. The number of carbonyl (C=O) groups is 1. The van der Waals surface area contributed by atoms with Crippen molar-refractivity contribution < 1.29 is 4.79 Å². The fourth-order valence-electron chi connectivity index (χ4n) is 1.89. The van der Waals surface area contributed by atoms with E-state index in [0.29, 0.717) is 18.2 Å². The number of hydrogen-bond acceptors (Lipinski definition) is 2. The van der Waals surface area contributed by atoms with Gasteiger partial charge in [0, 0.05) is 17.1 Å². The Balaban J connectivity index is 1.90. The van der Waals surface area contributed by atoms with E-state index in [1.54, 1.807) is 0 Å². The summed E-state index contributed by atoms with van der Waals surface area (Å²) in [6.07, 6.45) is 2.35. The monoisotopic (exact) mass is 282 g/mol. The summed E-state index contributed by atoms with van der Waals surface area (Å²) in [6, 6.07) is 7.91. The molecule has 1 aliphatic heterocycles. The van der Waals surface area contributed by atoms with Crippen LogP contribution < -0.4 is 10.6 Å². The molecule has 1 amide bonds. The number of amides is 1. The average Bonchev–Trinajstić information content (AvgIpc) is 2.79. The van der Waals surface area contributed by atoms with Crippen molar-refractivity contribution in [2.75, 3.05) is 13.1 Å². The minimum absolute atomic E-state index is 0.0128. The van der Waals surface area contributed by atoms with Gasteiger partial charge in [-0.05, 0) is 47.4 Å². The quantitative estimate of drug-likeness (QED) is 0.890. The van der Waals surface area contributed by atoms with Crippen LogP contribution in [-0.2, 0) is 0 Å². The Hall–Kier alpha value is -0.870. The molecule has 0 spiro atoms. The lowest BCUT2D eigenvalue weighted by atomic mass is 10.2. The molecule has 1 saturated heterocycles.